The van der Waals surface area contributed by atoms with Gasteiger partial charge < -0.3 is 0 Å². The van der Waals surface area contributed by atoms with E-state index in [0.717, 1.165) is 15.4 Å². The Hall–Kier alpha value is 1.95. The standard InChI is InChI=1S/2Al.ClH.Li.H2.6H/h;;1H;;1H;;;;;;/q;+1;;;;;;;;;/p-1. The SMILES string of the molecule is [AlH2][Cl].[AlH3].[HH].[LiH]. The molecule has 0 aliphatic heterocycles. The molecular formula is H8Al2ClLi. The molecular weight excluding hydrogens is 96.4 g/mol. The molecule has 0 nitrogen and oxygen atoms in total. The van der Waals surface area contributed by atoms with Crippen molar-refractivity contribution < 1.29 is 1.43 Å². The summed E-state index contributed by atoms with van der Waals surface area (Å²) >= 11 is 0.778. The monoisotopic (exact) mass is 104 g/mol. The van der Waals surface area contributed by atoms with E-state index in [-0.39, 0.29) is 37.6 Å². The van der Waals surface area contributed by atoms with Crippen molar-refractivity contribution in [3.8, 4) is 0 Å². The van der Waals surface area contributed by atoms with Crippen molar-refractivity contribution in [3.63, 3.8) is 0 Å². The van der Waals surface area contributed by atoms with Crippen LogP contribution in [-0.2, 0) is 0 Å². The summed E-state index contributed by atoms with van der Waals surface area (Å²) in [6, 6.07) is 0. The summed E-state index contributed by atoms with van der Waals surface area (Å²) in [5, 5.41) is 0. The fourth-order valence-corrected chi connectivity index (χ4v) is 0. The van der Waals surface area contributed by atoms with Gasteiger partial charge in [-0.15, -0.1) is 0 Å². The Morgan fingerprint density at radius 2 is 1.50 bits per heavy atom. The van der Waals surface area contributed by atoms with Crippen molar-refractivity contribution in [3.05, 3.63) is 0 Å². The fourth-order valence-electron chi connectivity index (χ4n) is 0. The van der Waals surface area contributed by atoms with E-state index in [1.54, 1.807) is 0 Å². The van der Waals surface area contributed by atoms with E-state index in [1.807, 2.05) is 0 Å². The molecule has 0 bridgehead atoms. The van der Waals surface area contributed by atoms with Crippen LogP contribution in [0.5, 0.6) is 0 Å². The summed E-state index contributed by atoms with van der Waals surface area (Å²) in [6.45, 7) is 0. The first-order valence-electron chi connectivity index (χ1n) is 0.378. The maximum atomic E-state index is 4.78. The molecule has 0 saturated heterocycles. The molecule has 0 N–H and O–H groups in total. The minimum absolute atomic E-state index is 0. The van der Waals surface area contributed by atoms with Crippen molar-refractivity contribution in [1.29, 1.82) is 0 Å². The Bertz CT molecular complexity index is 9.61. The summed E-state index contributed by atoms with van der Waals surface area (Å²) in [4.78, 5) is 0. The Labute approximate surface area is 62.7 Å². The zero-order chi connectivity index (χ0) is 2.00. The zero-order valence-electron chi connectivity index (χ0n) is 1.38. The van der Waals surface area contributed by atoms with Crippen LogP contribution in [0.3, 0.4) is 0 Å². The molecule has 0 aromatic heterocycles. The van der Waals surface area contributed by atoms with Gasteiger partial charge in [0.05, 0.1) is 0 Å². The molecule has 0 radical (unpaired) electrons. The normalized spacial score (nSPS) is 1.25. The first-order valence-corrected chi connectivity index (χ1v) is 3.40. The fraction of sp³-hybridized carbons (Fsp3) is 0. The predicted octanol–water partition coefficient (Wildman–Crippen LogP) is -1.81. The molecule has 0 aliphatic rings. The van der Waals surface area contributed by atoms with Crippen molar-refractivity contribution >= 4 is 61.6 Å². The van der Waals surface area contributed by atoms with Crippen LogP contribution in [0.1, 0.15) is 1.43 Å². The molecule has 0 rings (SSSR count). The van der Waals surface area contributed by atoms with Crippen LogP contribution in [0, 0.1) is 0 Å². The van der Waals surface area contributed by atoms with Crippen molar-refractivity contribution in [2.24, 2.45) is 0 Å². The Morgan fingerprint density at radius 1 is 1.50 bits per heavy atom. The second-order valence-corrected chi connectivity index (χ2v) is 0. The van der Waals surface area contributed by atoms with Gasteiger partial charge in [0.15, 0.2) is 17.4 Å². The molecule has 0 atom stereocenters. The van der Waals surface area contributed by atoms with Crippen molar-refractivity contribution in [1.82, 2.24) is 0 Å². The van der Waals surface area contributed by atoms with Gasteiger partial charge in [-0.2, -0.15) is 0 Å². The van der Waals surface area contributed by atoms with Crippen LogP contribution in [0.15, 0.2) is 0 Å². The average molecular weight is 104 g/mol. The molecule has 0 aromatic rings. The summed E-state index contributed by atoms with van der Waals surface area (Å²) in [6.07, 6.45) is 0. The molecule has 0 saturated carbocycles. The summed E-state index contributed by atoms with van der Waals surface area (Å²) < 4.78 is 0. The molecule has 22 valence electrons. The van der Waals surface area contributed by atoms with E-state index in [1.165, 1.54) is 0 Å². The summed E-state index contributed by atoms with van der Waals surface area (Å²) in [7, 11) is 4.78. The third-order valence-corrected chi connectivity index (χ3v) is 0. The van der Waals surface area contributed by atoms with Gasteiger partial charge in [0.1, 0.15) is 0 Å². The Balaban J connectivity index is -0.00000000167. The van der Waals surface area contributed by atoms with Crippen LogP contribution in [0.4, 0.5) is 0 Å². The third kappa shape index (κ3) is 9.04. The van der Waals surface area contributed by atoms with Gasteiger partial charge in [0.25, 0.3) is 0 Å². The van der Waals surface area contributed by atoms with Crippen LogP contribution < -0.4 is 0 Å². The molecule has 0 unspecified atom stereocenters. The van der Waals surface area contributed by atoms with Crippen LogP contribution in [-0.4, -0.2) is 51.6 Å². The van der Waals surface area contributed by atoms with Gasteiger partial charge in [-0.1, -0.05) is 0 Å². The number of hydrogen-bond donors (Lipinski definition) is 0. The Morgan fingerprint density at radius 3 is 1.50 bits per heavy atom. The number of halogens is 1. The molecule has 0 heterocycles. The van der Waals surface area contributed by atoms with Crippen LogP contribution in [0.2, 0.25) is 0 Å². The number of hydrogen-bond acceptors (Lipinski definition) is 0. The van der Waals surface area contributed by atoms with Crippen LogP contribution in [0.25, 0.3) is 0 Å². The van der Waals surface area contributed by atoms with E-state index in [4.69, 9.17) is 10.0 Å². The van der Waals surface area contributed by atoms with E-state index >= 15 is 0 Å². The summed E-state index contributed by atoms with van der Waals surface area (Å²) in [5.41, 5.74) is 0. The Kier molecular flexibility index (Phi) is 85.0. The third-order valence-electron chi connectivity index (χ3n) is 0. The van der Waals surface area contributed by atoms with Gasteiger partial charge in [-0.25, -0.2) is 0 Å². The summed E-state index contributed by atoms with van der Waals surface area (Å²) in [5.74, 6) is 0. The average Bonchev–Trinajstić information content (AvgIpc) is 1.00. The molecule has 4 heteroatoms. The molecule has 0 spiro atoms. The quantitative estimate of drug-likeness (QED) is 0.318. The topological polar surface area (TPSA) is 0 Å². The van der Waals surface area contributed by atoms with E-state index < -0.39 is 0 Å². The zero-order valence-corrected chi connectivity index (χ0v) is 4.13. The molecule has 0 aliphatic carbocycles. The van der Waals surface area contributed by atoms with Gasteiger partial charge >= 0.3 is 34.2 Å². The first-order chi connectivity index (χ1) is 1.00. The van der Waals surface area contributed by atoms with Crippen molar-refractivity contribution in [2.75, 3.05) is 0 Å². The minimum atomic E-state index is 0. The second kappa shape index (κ2) is 20.3. The van der Waals surface area contributed by atoms with Crippen LogP contribution >= 0.6 is 10.0 Å². The molecule has 0 amide bonds. The van der Waals surface area contributed by atoms with Gasteiger partial charge in [0.2, 0.25) is 0 Å². The first kappa shape index (κ1) is 16.7. The second-order valence-electron chi connectivity index (χ2n) is 0. The van der Waals surface area contributed by atoms with Crippen molar-refractivity contribution in [2.45, 2.75) is 0 Å². The van der Waals surface area contributed by atoms with E-state index in [9.17, 15) is 0 Å². The molecule has 0 fully saturated rings. The van der Waals surface area contributed by atoms with Gasteiger partial charge in [-0.3, -0.25) is 10.0 Å². The number of rotatable bonds is 0. The van der Waals surface area contributed by atoms with E-state index in [2.05, 4.69) is 0 Å². The predicted molar refractivity (Wildman–Crippen MR) is 33.6 cm³/mol. The molecule has 0 aromatic carbocycles. The maximum absolute atomic E-state index is 4.78. The molecule has 4 heavy (non-hydrogen) atoms. The van der Waals surface area contributed by atoms with Gasteiger partial charge in [0, 0.05) is 1.43 Å². The van der Waals surface area contributed by atoms with E-state index in [0.29, 0.717) is 0 Å². The van der Waals surface area contributed by atoms with Gasteiger partial charge in [-0.05, 0) is 0 Å².